The number of rotatable bonds is 6. The number of nitrogens with zero attached hydrogens (tertiary/aromatic N) is 5. The van der Waals surface area contributed by atoms with Crippen molar-refractivity contribution in [1.29, 1.82) is 0 Å². The summed E-state index contributed by atoms with van der Waals surface area (Å²) in [5, 5.41) is 7.29. The van der Waals surface area contributed by atoms with E-state index < -0.39 is 11.9 Å². The molecule has 0 fully saturated rings. The van der Waals surface area contributed by atoms with Crippen LogP contribution in [0.4, 0.5) is 24.5 Å². The Morgan fingerprint density at radius 2 is 1.91 bits per heavy atom. The topological polar surface area (TPSA) is 75.9 Å². The number of hydrogen-bond acceptors (Lipinski definition) is 5. The van der Waals surface area contributed by atoms with Crippen molar-refractivity contribution in [2.24, 2.45) is 5.92 Å². The Balaban J connectivity index is 0.00000342. The van der Waals surface area contributed by atoms with E-state index in [1.807, 2.05) is 45.0 Å². The lowest BCUT2D eigenvalue weighted by Gasteiger charge is -2.38. The second-order valence-electron chi connectivity index (χ2n) is 8.98. The van der Waals surface area contributed by atoms with Crippen LogP contribution in [0, 0.1) is 12.8 Å². The van der Waals surface area contributed by atoms with Gasteiger partial charge in [0.2, 0.25) is 5.91 Å². The SMILES string of the molecule is Cc1nc(CCc2cnn(Cc3ccnc(C(F)(F)F)c3)c2)cc2c1NC(=O)[C@H](C(C)C)N2C.S. The summed E-state index contributed by atoms with van der Waals surface area (Å²) in [6.45, 7) is 6.15. The summed E-state index contributed by atoms with van der Waals surface area (Å²) in [7, 11) is 1.93. The van der Waals surface area contributed by atoms with E-state index in [4.69, 9.17) is 0 Å². The number of nitrogens with one attached hydrogen (secondary N) is 1. The molecule has 0 saturated carbocycles. The molecule has 0 aromatic carbocycles. The van der Waals surface area contributed by atoms with Gasteiger partial charge in [0.25, 0.3) is 0 Å². The Hall–Kier alpha value is -3.08. The van der Waals surface area contributed by atoms with Gasteiger partial charge in [-0.15, -0.1) is 0 Å². The Labute approximate surface area is 209 Å². The molecule has 1 atom stereocenters. The first-order chi connectivity index (χ1) is 16.0. The first-order valence-electron chi connectivity index (χ1n) is 11.1. The van der Waals surface area contributed by atoms with Crippen LogP contribution in [0.15, 0.2) is 36.8 Å². The van der Waals surface area contributed by atoms with Gasteiger partial charge in [-0.05, 0) is 55.0 Å². The van der Waals surface area contributed by atoms with Gasteiger partial charge in [0.1, 0.15) is 11.7 Å². The fourth-order valence-electron chi connectivity index (χ4n) is 4.36. The molecule has 7 nitrogen and oxygen atoms in total. The molecule has 4 rings (SSSR count). The summed E-state index contributed by atoms with van der Waals surface area (Å²) in [6.07, 6.45) is 1.59. The number of aryl methyl sites for hydroxylation is 3. The number of likely N-dealkylation sites (N-methyl/N-ethyl adjacent to an activating group) is 1. The molecular weight excluding hydrogens is 477 g/mol. The summed E-state index contributed by atoms with van der Waals surface area (Å²) >= 11 is 0. The second kappa shape index (κ2) is 10.3. The van der Waals surface area contributed by atoms with Crippen molar-refractivity contribution < 1.29 is 18.0 Å². The summed E-state index contributed by atoms with van der Waals surface area (Å²) in [5.74, 6) is 0.139. The number of aromatic nitrogens is 4. The number of pyridine rings is 2. The van der Waals surface area contributed by atoms with Crippen LogP contribution in [0.2, 0.25) is 0 Å². The van der Waals surface area contributed by atoms with Gasteiger partial charge in [0.05, 0.1) is 29.8 Å². The van der Waals surface area contributed by atoms with Crippen molar-refractivity contribution in [3.8, 4) is 0 Å². The minimum absolute atomic E-state index is 0. The number of amides is 1. The maximum absolute atomic E-state index is 12.9. The van der Waals surface area contributed by atoms with Crippen molar-refractivity contribution in [2.45, 2.75) is 52.4 Å². The number of carbonyl (C=O) groups is 1. The Kier molecular flexibility index (Phi) is 7.78. The van der Waals surface area contributed by atoms with Crippen molar-refractivity contribution in [3.63, 3.8) is 0 Å². The fraction of sp³-hybridized carbons (Fsp3) is 0.417. The molecule has 3 aromatic rings. The number of carbonyl (C=O) groups excluding carboxylic acids is 1. The number of alkyl halides is 3. The molecule has 0 spiro atoms. The van der Waals surface area contributed by atoms with Crippen LogP contribution >= 0.6 is 13.5 Å². The van der Waals surface area contributed by atoms with E-state index in [1.54, 1.807) is 16.9 Å². The van der Waals surface area contributed by atoms with E-state index in [-0.39, 0.29) is 37.9 Å². The average molecular weight is 507 g/mol. The van der Waals surface area contributed by atoms with Crippen LogP contribution in [0.1, 0.15) is 42.1 Å². The minimum atomic E-state index is -4.47. The molecule has 0 aliphatic carbocycles. The van der Waals surface area contributed by atoms with Gasteiger partial charge < -0.3 is 10.2 Å². The number of fused-ring (bicyclic) bond motifs is 1. The van der Waals surface area contributed by atoms with Gasteiger partial charge in [-0.3, -0.25) is 19.4 Å². The van der Waals surface area contributed by atoms with Gasteiger partial charge in [-0.1, -0.05) is 13.8 Å². The molecule has 0 saturated heterocycles. The van der Waals surface area contributed by atoms with Crippen LogP contribution in [0.5, 0.6) is 0 Å². The van der Waals surface area contributed by atoms with Crippen LogP contribution in [-0.2, 0) is 30.4 Å². The maximum Gasteiger partial charge on any atom is 0.433 e. The Morgan fingerprint density at radius 3 is 2.60 bits per heavy atom. The summed E-state index contributed by atoms with van der Waals surface area (Å²) < 4.78 is 40.3. The van der Waals surface area contributed by atoms with Gasteiger partial charge in [0.15, 0.2) is 0 Å². The molecule has 0 bridgehead atoms. The second-order valence-corrected chi connectivity index (χ2v) is 8.98. The molecule has 1 aliphatic rings. The zero-order chi connectivity index (χ0) is 24.6. The number of halogens is 3. The monoisotopic (exact) mass is 506 g/mol. The quantitative estimate of drug-likeness (QED) is 0.538. The van der Waals surface area contributed by atoms with Gasteiger partial charge in [0, 0.05) is 25.1 Å². The molecule has 188 valence electrons. The zero-order valence-electron chi connectivity index (χ0n) is 20.0. The molecule has 0 unspecified atom stereocenters. The minimum Gasteiger partial charge on any atom is -0.361 e. The first kappa shape index (κ1) is 26.5. The molecule has 35 heavy (non-hydrogen) atoms. The highest BCUT2D eigenvalue weighted by atomic mass is 32.1. The van der Waals surface area contributed by atoms with Crippen molar-refractivity contribution in [3.05, 3.63) is 65.0 Å². The van der Waals surface area contributed by atoms with Crippen LogP contribution in [0.3, 0.4) is 0 Å². The summed E-state index contributed by atoms with van der Waals surface area (Å²) in [5.41, 5.74) is 3.90. The Morgan fingerprint density at radius 1 is 1.17 bits per heavy atom. The Bertz CT molecular complexity index is 1210. The van der Waals surface area contributed by atoms with E-state index >= 15 is 0 Å². The van der Waals surface area contributed by atoms with E-state index in [9.17, 15) is 18.0 Å². The van der Waals surface area contributed by atoms with E-state index in [1.165, 1.54) is 0 Å². The van der Waals surface area contributed by atoms with Crippen LogP contribution < -0.4 is 10.2 Å². The molecule has 3 aromatic heterocycles. The maximum atomic E-state index is 12.9. The summed E-state index contributed by atoms with van der Waals surface area (Å²) in [4.78, 5) is 22.6. The largest absolute Gasteiger partial charge is 0.433 e. The normalized spacial score (nSPS) is 15.6. The van der Waals surface area contributed by atoms with Crippen molar-refractivity contribution in [1.82, 2.24) is 19.7 Å². The lowest BCUT2D eigenvalue weighted by atomic mass is 9.97. The highest BCUT2D eigenvalue weighted by molar-refractivity contribution is 7.59. The highest BCUT2D eigenvalue weighted by Crippen LogP contribution is 2.35. The van der Waals surface area contributed by atoms with Gasteiger partial charge in [-0.2, -0.15) is 31.8 Å². The standard InChI is InChI=1S/C24H27F3N6O.H2S/c1-14(2)22-23(34)31-21-15(3)30-18(10-19(21)32(22)4)6-5-17-11-29-33(13-17)12-16-7-8-28-20(9-16)24(25,26)27;/h7-11,13-14,22H,5-6,12H2,1-4H3,(H,31,34);1H2/t22-;/m0./s1. The molecule has 11 heteroatoms. The van der Waals surface area contributed by atoms with Crippen LogP contribution in [0.25, 0.3) is 0 Å². The number of hydrogen-bond donors (Lipinski definition) is 1. The molecule has 1 aliphatic heterocycles. The lowest BCUT2D eigenvalue weighted by molar-refractivity contribution is -0.141. The van der Waals surface area contributed by atoms with Crippen LogP contribution in [-0.4, -0.2) is 38.7 Å². The van der Waals surface area contributed by atoms with Gasteiger partial charge >= 0.3 is 6.18 Å². The van der Waals surface area contributed by atoms with E-state index in [2.05, 4.69) is 20.4 Å². The predicted octanol–water partition coefficient (Wildman–Crippen LogP) is 4.36. The van der Waals surface area contributed by atoms with Gasteiger partial charge in [-0.25, -0.2) is 0 Å². The summed E-state index contributed by atoms with van der Waals surface area (Å²) in [6, 6.07) is 4.36. The zero-order valence-corrected chi connectivity index (χ0v) is 21.0. The van der Waals surface area contributed by atoms with Crippen molar-refractivity contribution >= 4 is 30.8 Å². The third-order valence-electron chi connectivity index (χ3n) is 5.99. The third kappa shape index (κ3) is 5.77. The average Bonchev–Trinajstić information content (AvgIpc) is 3.20. The van der Waals surface area contributed by atoms with E-state index in [0.29, 0.717) is 18.4 Å². The molecule has 1 amide bonds. The highest BCUT2D eigenvalue weighted by Gasteiger charge is 2.34. The number of anilines is 2. The first-order valence-corrected chi connectivity index (χ1v) is 11.1. The molecular formula is C24H29F3N6OS. The fourth-order valence-corrected chi connectivity index (χ4v) is 4.36. The third-order valence-corrected chi connectivity index (χ3v) is 5.99. The van der Waals surface area contributed by atoms with Crippen molar-refractivity contribution in [2.75, 3.05) is 17.3 Å². The molecule has 1 N–H and O–H groups in total. The van der Waals surface area contributed by atoms with E-state index in [0.717, 1.165) is 40.6 Å². The smallest absolute Gasteiger partial charge is 0.361 e. The predicted molar refractivity (Wildman–Crippen MR) is 133 cm³/mol. The molecule has 0 radical (unpaired) electrons. The lowest BCUT2D eigenvalue weighted by Crippen LogP contribution is -2.49. The molecule has 4 heterocycles.